The number of carbonyl (C=O) groups excluding carboxylic acids is 1. The molecule has 1 atom stereocenters. The van der Waals surface area contributed by atoms with Crippen LogP contribution in [-0.4, -0.2) is 24.7 Å². The van der Waals surface area contributed by atoms with Gasteiger partial charge in [-0.3, -0.25) is 4.79 Å². The number of ether oxygens (including phenoxy) is 1. The fraction of sp³-hybridized carbons (Fsp3) is 0.278. The number of aliphatic hydroxyl groups excluding tert-OH is 1. The first-order valence-corrected chi connectivity index (χ1v) is 7.97. The lowest BCUT2D eigenvalue weighted by Crippen LogP contribution is -2.12. The van der Waals surface area contributed by atoms with E-state index in [4.69, 9.17) is 27.2 Å². The van der Waals surface area contributed by atoms with Crippen LogP contribution in [0.4, 0.5) is 5.69 Å². The fourth-order valence-electron chi connectivity index (χ4n) is 2.50. The molecule has 0 saturated heterocycles. The molecule has 0 aliphatic rings. The Bertz CT molecular complexity index is 734. The molecular formula is C18H21ClN2O3. The highest BCUT2D eigenvalue weighted by atomic mass is 35.5. The van der Waals surface area contributed by atoms with Gasteiger partial charge in [0.15, 0.2) is 0 Å². The van der Waals surface area contributed by atoms with Crippen molar-refractivity contribution in [3.8, 4) is 5.75 Å². The average molecular weight is 349 g/mol. The maximum Gasteiger partial charge on any atom is 0.248 e. The molecule has 0 radical (unpaired) electrons. The number of primary amides is 1. The number of anilines is 1. The summed E-state index contributed by atoms with van der Waals surface area (Å²) < 4.78 is 5.42. The Labute approximate surface area is 146 Å². The van der Waals surface area contributed by atoms with Crippen LogP contribution < -0.4 is 15.8 Å². The third-order valence-corrected chi connectivity index (χ3v) is 4.10. The van der Waals surface area contributed by atoms with Gasteiger partial charge in [-0.1, -0.05) is 17.7 Å². The zero-order valence-electron chi connectivity index (χ0n) is 13.7. The van der Waals surface area contributed by atoms with Crippen LogP contribution in [0, 0.1) is 0 Å². The van der Waals surface area contributed by atoms with Gasteiger partial charge in [-0.2, -0.15) is 0 Å². The van der Waals surface area contributed by atoms with Gasteiger partial charge in [0.25, 0.3) is 0 Å². The summed E-state index contributed by atoms with van der Waals surface area (Å²) in [6, 6.07) is 10.6. The zero-order chi connectivity index (χ0) is 17.7. The second-order valence-electron chi connectivity index (χ2n) is 5.47. The minimum Gasteiger partial charge on any atom is -0.496 e. The van der Waals surface area contributed by atoms with E-state index < -0.39 is 5.91 Å². The minimum absolute atomic E-state index is 0.0875. The van der Waals surface area contributed by atoms with Gasteiger partial charge in [0.2, 0.25) is 5.91 Å². The van der Waals surface area contributed by atoms with Crippen LogP contribution in [0.5, 0.6) is 5.75 Å². The van der Waals surface area contributed by atoms with Crippen molar-refractivity contribution in [1.29, 1.82) is 0 Å². The molecule has 0 aliphatic heterocycles. The van der Waals surface area contributed by atoms with Gasteiger partial charge in [0.05, 0.1) is 23.9 Å². The van der Waals surface area contributed by atoms with Gasteiger partial charge in [0.1, 0.15) is 5.75 Å². The molecule has 24 heavy (non-hydrogen) atoms. The van der Waals surface area contributed by atoms with Gasteiger partial charge < -0.3 is 20.9 Å². The van der Waals surface area contributed by atoms with Crippen molar-refractivity contribution in [1.82, 2.24) is 0 Å². The molecule has 0 fully saturated rings. The standard InChI is InChI=1S/C18H21ClN2O3/c1-11(14-9-12(7-8-22)3-6-17(14)24-2)21-16-5-4-13(18(20)23)10-15(16)19/h3-6,9-11,21-22H,7-8H2,1-2H3,(H2,20,23). The summed E-state index contributed by atoms with van der Waals surface area (Å²) in [6.45, 7) is 2.08. The highest BCUT2D eigenvalue weighted by molar-refractivity contribution is 6.33. The highest BCUT2D eigenvalue weighted by Crippen LogP contribution is 2.32. The Morgan fingerprint density at radius 3 is 2.67 bits per heavy atom. The Morgan fingerprint density at radius 1 is 1.33 bits per heavy atom. The molecular weight excluding hydrogens is 328 g/mol. The summed E-state index contributed by atoms with van der Waals surface area (Å²) in [7, 11) is 1.62. The van der Waals surface area contributed by atoms with Crippen molar-refractivity contribution in [2.75, 3.05) is 19.0 Å². The molecule has 0 bridgehead atoms. The number of rotatable bonds is 7. The predicted molar refractivity (Wildman–Crippen MR) is 95.8 cm³/mol. The van der Waals surface area contributed by atoms with Crippen LogP contribution in [0.15, 0.2) is 36.4 Å². The first-order chi connectivity index (χ1) is 11.5. The Hall–Kier alpha value is -2.24. The molecule has 1 amide bonds. The van der Waals surface area contributed by atoms with Crippen molar-refractivity contribution in [3.05, 3.63) is 58.1 Å². The summed E-state index contributed by atoms with van der Waals surface area (Å²) in [5.41, 5.74) is 8.29. The lowest BCUT2D eigenvalue weighted by atomic mass is 10.0. The summed E-state index contributed by atoms with van der Waals surface area (Å²) in [5, 5.41) is 12.8. The number of hydrogen-bond acceptors (Lipinski definition) is 4. The second-order valence-corrected chi connectivity index (χ2v) is 5.88. The van der Waals surface area contributed by atoms with E-state index in [-0.39, 0.29) is 12.6 Å². The van der Waals surface area contributed by atoms with Crippen molar-refractivity contribution in [2.45, 2.75) is 19.4 Å². The third kappa shape index (κ3) is 4.19. The molecule has 2 rings (SSSR count). The van der Waals surface area contributed by atoms with Crippen LogP contribution in [0.3, 0.4) is 0 Å². The largest absolute Gasteiger partial charge is 0.496 e. The number of methoxy groups -OCH3 is 1. The van der Waals surface area contributed by atoms with Crippen molar-refractivity contribution < 1.29 is 14.6 Å². The molecule has 0 aliphatic carbocycles. The van der Waals surface area contributed by atoms with Crippen LogP contribution in [-0.2, 0) is 6.42 Å². The second kappa shape index (κ2) is 8.04. The minimum atomic E-state index is -0.519. The van der Waals surface area contributed by atoms with Crippen molar-refractivity contribution in [3.63, 3.8) is 0 Å². The normalized spacial score (nSPS) is 11.8. The van der Waals surface area contributed by atoms with E-state index >= 15 is 0 Å². The SMILES string of the molecule is COc1ccc(CCO)cc1C(C)Nc1ccc(C(N)=O)cc1Cl. The molecule has 0 spiro atoms. The van der Waals surface area contributed by atoms with Gasteiger partial charge in [-0.05, 0) is 49.2 Å². The topological polar surface area (TPSA) is 84.6 Å². The number of halogens is 1. The van der Waals surface area contributed by atoms with Gasteiger partial charge >= 0.3 is 0 Å². The maximum atomic E-state index is 11.2. The molecule has 2 aromatic rings. The Balaban J connectivity index is 2.27. The van der Waals surface area contributed by atoms with Crippen LogP contribution in [0.1, 0.15) is 34.5 Å². The highest BCUT2D eigenvalue weighted by Gasteiger charge is 2.14. The monoisotopic (exact) mass is 348 g/mol. The van der Waals surface area contributed by atoms with E-state index in [1.165, 1.54) is 0 Å². The first-order valence-electron chi connectivity index (χ1n) is 7.59. The molecule has 0 saturated carbocycles. The predicted octanol–water partition coefficient (Wildman–Crippen LogP) is 3.16. The van der Waals surface area contributed by atoms with E-state index in [9.17, 15) is 4.79 Å². The van der Waals surface area contributed by atoms with Crippen molar-refractivity contribution >= 4 is 23.2 Å². The summed E-state index contributed by atoms with van der Waals surface area (Å²) in [6.07, 6.45) is 0.581. The van der Waals surface area contributed by atoms with Gasteiger partial charge in [-0.15, -0.1) is 0 Å². The van der Waals surface area contributed by atoms with Crippen LogP contribution in [0.25, 0.3) is 0 Å². The number of aliphatic hydroxyl groups is 1. The summed E-state index contributed by atoms with van der Waals surface area (Å²) in [4.78, 5) is 11.2. The fourth-order valence-corrected chi connectivity index (χ4v) is 2.74. The van der Waals surface area contributed by atoms with E-state index in [1.54, 1.807) is 25.3 Å². The average Bonchev–Trinajstić information content (AvgIpc) is 2.56. The smallest absolute Gasteiger partial charge is 0.248 e. The van der Waals surface area contributed by atoms with Crippen molar-refractivity contribution in [2.24, 2.45) is 5.73 Å². The molecule has 1 unspecified atom stereocenters. The quantitative estimate of drug-likeness (QED) is 0.717. The molecule has 0 aromatic heterocycles. The Kier molecular flexibility index (Phi) is 6.06. The number of nitrogens with one attached hydrogen (secondary N) is 1. The summed E-state index contributed by atoms with van der Waals surface area (Å²) in [5.74, 6) is 0.233. The van der Waals surface area contributed by atoms with Gasteiger partial charge in [-0.25, -0.2) is 0 Å². The van der Waals surface area contributed by atoms with E-state index in [2.05, 4.69) is 5.32 Å². The Morgan fingerprint density at radius 2 is 2.08 bits per heavy atom. The number of amides is 1. The number of carbonyl (C=O) groups is 1. The molecule has 5 nitrogen and oxygen atoms in total. The molecule has 128 valence electrons. The zero-order valence-corrected chi connectivity index (χ0v) is 14.4. The summed E-state index contributed by atoms with van der Waals surface area (Å²) >= 11 is 6.23. The number of hydrogen-bond donors (Lipinski definition) is 3. The lowest BCUT2D eigenvalue weighted by Gasteiger charge is -2.20. The number of benzene rings is 2. The van der Waals surface area contributed by atoms with E-state index in [0.29, 0.717) is 22.7 Å². The van der Waals surface area contributed by atoms with E-state index in [0.717, 1.165) is 16.9 Å². The van der Waals surface area contributed by atoms with Crippen LogP contribution in [0.2, 0.25) is 5.02 Å². The molecule has 4 N–H and O–H groups in total. The van der Waals surface area contributed by atoms with Crippen LogP contribution >= 0.6 is 11.6 Å². The third-order valence-electron chi connectivity index (χ3n) is 3.79. The van der Waals surface area contributed by atoms with Gasteiger partial charge in [0, 0.05) is 17.7 Å². The lowest BCUT2D eigenvalue weighted by molar-refractivity contribution is 0.100. The first kappa shape index (κ1) is 18.1. The van der Waals surface area contributed by atoms with E-state index in [1.807, 2.05) is 25.1 Å². The molecule has 6 heteroatoms. The molecule has 0 heterocycles. The molecule has 2 aromatic carbocycles. The number of nitrogens with two attached hydrogens (primary N) is 1. The maximum absolute atomic E-state index is 11.2.